The van der Waals surface area contributed by atoms with E-state index in [1.54, 1.807) is 6.07 Å². The van der Waals surface area contributed by atoms with Gasteiger partial charge in [-0.1, -0.05) is 37.6 Å². The number of halogens is 3. The third-order valence-electron chi connectivity index (χ3n) is 2.15. The van der Waals surface area contributed by atoms with E-state index < -0.39 is 5.92 Å². The van der Waals surface area contributed by atoms with Gasteiger partial charge in [0.2, 0.25) is 0 Å². The van der Waals surface area contributed by atoms with E-state index >= 15 is 0 Å². The zero-order chi connectivity index (χ0) is 12.2. The topological polar surface area (TPSA) is 12.0 Å². The minimum Gasteiger partial charge on any atom is -0.311 e. The van der Waals surface area contributed by atoms with Crippen LogP contribution < -0.4 is 5.32 Å². The lowest BCUT2D eigenvalue weighted by atomic mass is 10.1. The highest BCUT2D eigenvalue weighted by Crippen LogP contribution is 2.28. The Kier molecular flexibility index (Phi) is 4.69. The zero-order valence-corrected chi connectivity index (χ0v) is 10.2. The third-order valence-corrected chi connectivity index (χ3v) is 2.38. The van der Waals surface area contributed by atoms with Crippen LogP contribution in [0.4, 0.5) is 8.78 Å². The average molecular weight is 248 g/mol. The number of nitrogens with one attached hydrogen (secondary N) is 1. The molecule has 0 aliphatic rings. The SMILES string of the molecule is CC(C)CNCC(F)(F)c1cccc(Cl)c1. The zero-order valence-electron chi connectivity index (χ0n) is 9.43. The van der Waals surface area contributed by atoms with Crippen molar-refractivity contribution in [2.24, 2.45) is 5.92 Å². The van der Waals surface area contributed by atoms with Crippen molar-refractivity contribution in [3.8, 4) is 0 Å². The summed E-state index contributed by atoms with van der Waals surface area (Å²) < 4.78 is 27.3. The number of alkyl halides is 2. The Labute approximate surface area is 99.8 Å². The first-order chi connectivity index (χ1) is 7.42. The Balaban J connectivity index is 2.62. The molecule has 0 aliphatic carbocycles. The normalized spacial score (nSPS) is 12.1. The molecule has 0 spiro atoms. The van der Waals surface area contributed by atoms with Crippen molar-refractivity contribution in [2.75, 3.05) is 13.1 Å². The molecule has 0 saturated carbocycles. The Bertz CT molecular complexity index is 340. The van der Waals surface area contributed by atoms with Gasteiger partial charge in [0, 0.05) is 10.6 Å². The molecule has 1 aromatic carbocycles. The maximum absolute atomic E-state index is 13.7. The fourth-order valence-electron chi connectivity index (χ4n) is 1.34. The van der Waals surface area contributed by atoms with Crippen molar-refractivity contribution >= 4 is 11.6 Å². The standard InChI is InChI=1S/C12H16ClF2N/c1-9(2)7-16-8-12(14,15)10-4-3-5-11(13)6-10/h3-6,9,16H,7-8H2,1-2H3. The van der Waals surface area contributed by atoms with E-state index in [4.69, 9.17) is 11.6 Å². The van der Waals surface area contributed by atoms with E-state index in [-0.39, 0.29) is 12.1 Å². The fourth-order valence-corrected chi connectivity index (χ4v) is 1.53. The highest BCUT2D eigenvalue weighted by molar-refractivity contribution is 6.30. The molecule has 90 valence electrons. The molecule has 0 bridgehead atoms. The predicted molar refractivity (Wildman–Crippen MR) is 63.1 cm³/mol. The van der Waals surface area contributed by atoms with Gasteiger partial charge in [-0.15, -0.1) is 0 Å². The van der Waals surface area contributed by atoms with E-state index in [2.05, 4.69) is 5.32 Å². The predicted octanol–water partition coefficient (Wildman–Crippen LogP) is 3.68. The average Bonchev–Trinajstić information content (AvgIpc) is 2.16. The first kappa shape index (κ1) is 13.4. The van der Waals surface area contributed by atoms with Crippen LogP contribution in [0, 0.1) is 5.92 Å². The molecule has 0 unspecified atom stereocenters. The monoisotopic (exact) mass is 247 g/mol. The second-order valence-electron chi connectivity index (χ2n) is 4.24. The van der Waals surface area contributed by atoms with E-state index in [1.807, 2.05) is 13.8 Å². The maximum Gasteiger partial charge on any atom is 0.285 e. The van der Waals surface area contributed by atoms with Crippen LogP contribution in [0.15, 0.2) is 24.3 Å². The van der Waals surface area contributed by atoms with Gasteiger partial charge in [-0.25, -0.2) is 0 Å². The van der Waals surface area contributed by atoms with Gasteiger partial charge in [-0.05, 0) is 24.6 Å². The molecule has 1 nitrogen and oxygen atoms in total. The van der Waals surface area contributed by atoms with E-state index in [0.717, 1.165) is 0 Å². The number of benzene rings is 1. The Morgan fingerprint density at radius 2 is 2.06 bits per heavy atom. The molecule has 0 aliphatic heterocycles. The van der Waals surface area contributed by atoms with Gasteiger partial charge in [-0.3, -0.25) is 0 Å². The second kappa shape index (κ2) is 5.60. The molecule has 1 rings (SSSR count). The van der Waals surface area contributed by atoms with Crippen molar-refractivity contribution in [1.82, 2.24) is 5.32 Å². The van der Waals surface area contributed by atoms with Crippen LogP contribution in [-0.4, -0.2) is 13.1 Å². The van der Waals surface area contributed by atoms with Gasteiger partial charge in [0.15, 0.2) is 0 Å². The smallest absolute Gasteiger partial charge is 0.285 e. The molecular weight excluding hydrogens is 232 g/mol. The molecule has 0 fully saturated rings. The second-order valence-corrected chi connectivity index (χ2v) is 4.68. The summed E-state index contributed by atoms with van der Waals surface area (Å²) in [5.41, 5.74) is -0.0451. The minimum absolute atomic E-state index is 0.0451. The van der Waals surface area contributed by atoms with Crippen molar-refractivity contribution in [3.05, 3.63) is 34.9 Å². The van der Waals surface area contributed by atoms with E-state index in [1.165, 1.54) is 18.2 Å². The largest absolute Gasteiger partial charge is 0.311 e. The van der Waals surface area contributed by atoms with Gasteiger partial charge in [0.05, 0.1) is 6.54 Å². The molecule has 4 heteroatoms. The van der Waals surface area contributed by atoms with Gasteiger partial charge in [-0.2, -0.15) is 8.78 Å². The first-order valence-electron chi connectivity index (χ1n) is 5.26. The summed E-state index contributed by atoms with van der Waals surface area (Å²) in [6.45, 7) is 4.18. The molecule has 0 atom stereocenters. The van der Waals surface area contributed by atoms with Gasteiger partial charge in [0.1, 0.15) is 0 Å². The molecule has 0 heterocycles. The molecule has 1 N–H and O–H groups in total. The lowest BCUT2D eigenvalue weighted by Gasteiger charge is -2.18. The minimum atomic E-state index is -2.88. The molecule has 0 radical (unpaired) electrons. The highest BCUT2D eigenvalue weighted by Gasteiger charge is 2.30. The molecule has 1 aromatic rings. The summed E-state index contributed by atoms with van der Waals surface area (Å²) >= 11 is 5.68. The summed E-state index contributed by atoms with van der Waals surface area (Å²) in [5, 5.41) is 3.08. The van der Waals surface area contributed by atoms with Crippen molar-refractivity contribution < 1.29 is 8.78 Å². The van der Waals surface area contributed by atoms with Crippen LogP contribution in [0.2, 0.25) is 5.02 Å². The van der Waals surface area contributed by atoms with Crippen LogP contribution in [0.1, 0.15) is 19.4 Å². The van der Waals surface area contributed by atoms with Crippen LogP contribution >= 0.6 is 11.6 Å². The van der Waals surface area contributed by atoms with Crippen LogP contribution in [0.5, 0.6) is 0 Å². The van der Waals surface area contributed by atoms with Gasteiger partial charge >= 0.3 is 0 Å². The Morgan fingerprint density at radius 3 is 2.62 bits per heavy atom. The van der Waals surface area contributed by atoms with Crippen LogP contribution in [-0.2, 0) is 5.92 Å². The first-order valence-corrected chi connectivity index (χ1v) is 5.64. The molecule has 0 amide bonds. The summed E-state index contributed by atoms with van der Waals surface area (Å²) in [6, 6.07) is 5.82. The van der Waals surface area contributed by atoms with Crippen molar-refractivity contribution in [3.63, 3.8) is 0 Å². The van der Waals surface area contributed by atoms with Crippen molar-refractivity contribution in [2.45, 2.75) is 19.8 Å². The summed E-state index contributed by atoms with van der Waals surface area (Å²) in [4.78, 5) is 0. The third kappa shape index (κ3) is 4.06. The van der Waals surface area contributed by atoms with Crippen molar-refractivity contribution in [1.29, 1.82) is 0 Å². The quantitative estimate of drug-likeness (QED) is 0.837. The lowest BCUT2D eigenvalue weighted by molar-refractivity contribution is -0.00352. The van der Waals surface area contributed by atoms with E-state index in [9.17, 15) is 8.78 Å². The van der Waals surface area contributed by atoms with Gasteiger partial charge in [0.25, 0.3) is 5.92 Å². The molecular formula is C12H16ClF2N. The van der Waals surface area contributed by atoms with Crippen LogP contribution in [0.3, 0.4) is 0 Å². The molecule has 16 heavy (non-hydrogen) atoms. The lowest BCUT2D eigenvalue weighted by Crippen LogP contribution is -2.32. The Hall–Kier alpha value is -0.670. The van der Waals surface area contributed by atoms with Gasteiger partial charge < -0.3 is 5.32 Å². The number of hydrogen-bond donors (Lipinski definition) is 1. The fraction of sp³-hybridized carbons (Fsp3) is 0.500. The summed E-state index contributed by atoms with van der Waals surface area (Å²) in [7, 11) is 0. The summed E-state index contributed by atoms with van der Waals surface area (Å²) in [6.07, 6.45) is 0. The van der Waals surface area contributed by atoms with Crippen LogP contribution in [0.25, 0.3) is 0 Å². The maximum atomic E-state index is 13.7. The summed E-state index contributed by atoms with van der Waals surface area (Å²) in [5.74, 6) is -2.52. The molecule has 0 aromatic heterocycles. The number of hydrogen-bond acceptors (Lipinski definition) is 1. The molecule has 0 saturated heterocycles. The van der Waals surface area contributed by atoms with E-state index in [0.29, 0.717) is 17.5 Å². The number of rotatable bonds is 5. The Morgan fingerprint density at radius 1 is 1.38 bits per heavy atom. The highest BCUT2D eigenvalue weighted by atomic mass is 35.5.